The number of methoxy groups -OCH3 is 1. The third-order valence-corrected chi connectivity index (χ3v) is 2.58. The Labute approximate surface area is 118 Å². The zero-order chi connectivity index (χ0) is 13.9. The molecule has 6 nitrogen and oxygen atoms in total. The normalized spacial score (nSPS) is 9.26. The highest BCUT2D eigenvalue weighted by Crippen LogP contribution is 2.29. The van der Waals surface area contributed by atoms with Gasteiger partial charge in [-0.2, -0.15) is 0 Å². The molecule has 0 atom stereocenters. The predicted molar refractivity (Wildman–Crippen MR) is 78.6 cm³/mol. The summed E-state index contributed by atoms with van der Waals surface area (Å²) in [6, 6.07) is 3.14. The van der Waals surface area contributed by atoms with Crippen molar-refractivity contribution in [2.45, 2.75) is 13.8 Å². The summed E-state index contributed by atoms with van der Waals surface area (Å²) in [7, 11) is 3.07. The maximum absolute atomic E-state index is 11.8. The van der Waals surface area contributed by atoms with Gasteiger partial charge in [0, 0.05) is 7.05 Å². The minimum atomic E-state index is -0.445. The number of benzene rings is 1. The number of nitrogens with two attached hydrogens (primary N) is 1. The number of nitrogens with zero attached hydrogens (tertiary/aromatic N) is 1. The number of rotatable bonds is 2. The highest BCUT2D eigenvalue weighted by Gasteiger charge is 2.21. The van der Waals surface area contributed by atoms with Crippen LogP contribution in [0.5, 0.6) is 5.75 Å². The third kappa shape index (κ3) is 3.51. The van der Waals surface area contributed by atoms with E-state index in [0.717, 1.165) is 16.0 Å². The van der Waals surface area contributed by atoms with Gasteiger partial charge in [0.2, 0.25) is 5.96 Å². The van der Waals surface area contributed by atoms with Crippen LogP contribution in [0.4, 0.5) is 10.5 Å². The van der Waals surface area contributed by atoms with Crippen molar-refractivity contribution < 1.29 is 9.53 Å². The molecule has 0 bridgehead atoms. The van der Waals surface area contributed by atoms with Crippen LogP contribution in [-0.2, 0) is 0 Å². The minimum absolute atomic E-state index is 0. The largest absolute Gasteiger partial charge is 0.497 e. The van der Waals surface area contributed by atoms with Crippen molar-refractivity contribution in [3.63, 3.8) is 0 Å². The van der Waals surface area contributed by atoms with Gasteiger partial charge in [-0.25, -0.2) is 9.69 Å². The van der Waals surface area contributed by atoms with Crippen LogP contribution in [0.2, 0.25) is 0 Å². The molecule has 0 aliphatic carbocycles. The lowest BCUT2D eigenvalue weighted by molar-refractivity contribution is 0.251. The van der Waals surface area contributed by atoms with E-state index in [1.54, 1.807) is 19.2 Å². The van der Waals surface area contributed by atoms with Crippen LogP contribution in [0, 0.1) is 19.3 Å². The van der Waals surface area contributed by atoms with Crippen molar-refractivity contribution in [1.82, 2.24) is 5.32 Å². The number of aryl methyl sites for hydroxylation is 2. The number of hydrogen-bond donors (Lipinski definition) is 3. The Morgan fingerprint density at radius 3 is 2.16 bits per heavy atom. The fourth-order valence-electron chi connectivity index (χ4n) is 1.83. The number of urea groups is 1. The highest BCUT2D eigenvalue weighted by molar-refractivity contribution is 6.14. The summed E-state index contributed by atoms with van der Waals surface area (Å²) in [5.74, 6) is 0.375. The van der Waals surface area contributed by atoms with Crippen LogP contribution in [-0.4, -0.2) is 26.1 Å². The first-order valence-corrected chi connectivity index (χ1v) is 5.43. The Bertz CT molecular complexity index is 468. The molecule has 4 N–H and O–H groups in total. The molecule has 0 aliphatic heterocycles. The van der Waals surface area contributed by atoms with E-state index in [-0.39, 0.29) is 18.4 Å². The Morgan fingerprint density at radius 1 is 1.37 bits per heavy atom. The SMILES string of the molecule is CNC(=O)N(C(=N)N)c1c(C)cc(OC)cc1C.Cl. The summed E-state index contributed by atoms with van der Waals surface area (Å²) in [5, 5.41) is 9.99. The van der Waals surface area contributed by atoms with Gasteiger partial charge in [-0.05, 0) is 37.1 Å². The number of amides is 2. The van der Waals surface area contributed by atoms with Gasteiger partial charge in [0.25, 0.3) is 0 Å². The molecule has 1 rings (SSSR count). The lowest BCUT2D eigenvalue weighted by Crippen LogP contribution is -2.46. The average Bonchev–Trinajstić information content (AvgIpc) is 2.31. The van der Waals surface area contributed by atoms with Gasteiger partial charge in [0.05, 0.1) is 12.8 Å². The zero-order valence-electron chi connectivity index (χ0n) is 11.4. The van der Waals surface area contributed by atoms with Crippen molar-refractivity contribution in [2.24, 2.45) is 5.73 Å². The molecular weight excluding hydrogens is 268 g/mol. The lowest BCUT2D eigenvalue weighted by atomic mass is 10.1. The molecule has 0 aliphatic rings. The van der Waals surface area contributed by atoms with Gasteiger partial charge in [-0.3, -0.25) is 5.41 Å². The molecule has 2 amide bonds. The maximum Gasteiger partial charge on any atom is 0.328 e. The molecule has 1 aromatic rings. The van der Waals surface area contributed by atoms with Crippen LogP contribution in [0.3, 0.4) is 0 Å². The van der Waals surface area contributed by atoms with Crippen molar-refractivity contribution in [2.75, 3.05) is 19.1 Å². The number of halogens is 1. The number of anilines is 1. The van der Waals surface area contributed by atoms with Gasteiger partial charge in [0.1, 0.15) is 5.75 Å². The Morgan fingerprint density at radius 2 is 1.84 bits per heavy atom. The first-order valence-electron chi connectivity index (χ1n) is 5.43. The second-order valence-electron chi connectivity index (χ2n) is 3.89. The fraction of sp³-hybridized carbons (Fsp3) is 0.333. The quantitative estimate of drug-likeness (QED) is 0.571. The van der Waals surface area contributed by atoms with Crippen LogP contribution < -0.4 is 20.7 Å². The number of hydrogen-bond acceptors (Lipinski definition) is 3. The van der Waals surface area contributed by atoms with Crippen molar-refractivity contribution >= 4 is 30.1 Å². The van der Waals surface area contributed by atoms with E-state index >= 15 is 0 Å². The van der Waals surface area contributed by atoms with Crippen LogP contribution in [0.15, 0.2) is 12.1 Å². The Balaban J connectivity index is 0.00000324. The number of carbonyl (C=O) groups is 1. The predicted octanol–water partition coefficient (Wildman–Crippen LogP) is 1.77. The maximum atomic E-state index is 11.8. The zero-order valence-corrected chi connectivity index (χ0v) is 12.2. The van der Waals surface area contributed by atoms with Crippen molar-refractivity contribution in [1.29, 1.82) is 5.41 Å². The summed E-state index contributed by atoms with van der Waals surface area (Å²) in [6.07, 6.45) is 0. The first kappa shape index (κ1) is 17.1. The molecule has 0 aromatic heterocycles. The topological polar surface area (TPSA) is 91.4 Å². The third-order valence-electron chi connectivity index (χ3n) is 2.58. The standard InChI is InChI=1S/C12H18N4O2.ClH/c1-7-5-9(18-4)6-8(2)10(7)16(11(13)14)12(17)15-3;/h5-6H,1-4H3,(H3,13,14)(H,15,17);1H. The summed E-state index contributed by atoms with van der Waals surface area (Å²) in [4.78, 5) is 12.9. The first-order chi connectivity index (χ1) is 8.42. The van der Waals surface area contributed by atoms with Crippen LogP contribution in [0.25, 0.3) is 0 Å². The molecular formula is C12H19ClN4O2. The van der Waals surface area contributed by atoms with Gasteiger partial charge in [-0.15, -0.1) is 12.4 Å². The van der Waals surface area contributed by atoms with Crippen LogP contribution >= 0.6 is 12.4 Å². The van der Waals surface area contributed by atoms with Gasteiger partial charge >= 0.3 is 6.03 Å². The van der Waals surface area contributed by atoms with Crippen molar-refractivity contribution in [3.8, 4) is 5.75 Å². The second-order valence-corrected chi connectivity index (χ2v) is 3.89. The van der Waals surface area contributed by atoms with E-state index in [9.17, 15) is 4.79 Å². The fourth-order valence-corrected chi connectivity index (χ4v) is 1.83. The number of nitrogens with one attached hydrogen (secondary N) is 2. The minimum Gasteiger partial charge on any atom is -0.497 e. The monoisotopic (exact) mass is 286 g/mol. The molecule has 0 fully saturated rings. The molecule has 7 heteroatoms. The van der Waals surface area contributed by atoms with E-state index in [4.69, 9.17) is 15.9 Å². The lowest BCUT2D eigenvalue weighted by Gasteiger charge is -2.24. The molecule has 1 aromatic carbocycles. The highest BCUT2D eigenvalue weighted by atomic mass is 35.5. The molecule has 19 heavy (non-hydrogen) atoms. The number of ether oxygens (including phenoxy) is 1. The Kier molecular flexibility index (Phi) is 6.14. The van der Waals surface area contributed by atoms with E-state index in [1.165, 1.54) is 7.05 Å². The van der Waals surface area contributed by atoms with Crippen LogP contribution in [0.1, 0.15) is 11.1 Å². The summed E-state index contributed by atoms with van der Waals surface area (Å²) >= 11 is 0. The van der Waals surface area contributed by atoms with Crippen molar-refractivity contribution in [3.05, 3.63) is 23.3 Å². The molecule has 0 spiro atoms. The molecule has 106 valence electrons. The summed E-state index contributed by atoms with van der Waals surface area (Å²) in [6.45, 7) is 3.67. The molecule has 0 unspecified atom stereocenters. The van der Waals surface area contributed by atoms with Gasteiger partial charge in [0.15, 0.2) is 0 Å². The molecule has 0 saturated carbocycles. The molecule has 0 saturated heterocycles. The summed E-state index contributed by atoms with van der Waals surface area (Å²) < 4.78 is 5.15. The number of carbonyl (C=O) groups excluding carboxylic acids is 1. The smallest absolute Gasteiger partial charge is 0.328 e. The van der Waals surface area contributed by atoms with E-state index in [1.807, 2.05) is 13.8 Å². The molecule has 0 heterocycles. The second kappa shape index (κ2) is 6.84. The Hall–Kier alpha value is -1.95. The van der Waals surface area contributed by atoms with Gasteiger partial charge in [-0.1, -0.05) is 0 Å². The average molecular weight is 287 g/mol. The number of guanidine groups is 1. The van der Waals surface area contributed by atoms with E-state index in [0.29, 0.717) is 11.4 Å². The summed E-state index contributed by atoms with van der Waals surface area (Å²) in [5.41, 5.74) is 7.69. The van der Waals surface area contributed by atoms with E-state index < -0.39 is 6.03 Å². The molecule has 0 radical (unpaired) electrons. The van der Waals surface area contributed by atoms with Gasteiger partial charge < -0.3 is 15.8 Å². The van der Waals surface area contributed by atoms with E-state index in [2.05, 4.69) is 5.32 Å².